The number of hydrogen-bond acceptors (Lipinski definition) is 2. The summed E-state index contributed by atoms with van der Waals surface area (Å²) in [4.78, 5) is 11.3. The number of carboxylic acids is 1. The molecule has 0 amide bonds. The molecule has 0 fully saturated rings. The second kappa shape index (κ2) is 4.76. The van der Waals surface area contributed by atoms with Gasteiger partial charge in [0.25, 0.3) is 0 Å². The summed E-state index contributed by atoms with van der Waals surface area (Å²) in [6, 6.07) is 10.7. The van der Waals surface area contributed by atoms with Crippen molar-refractivity contribution in [1.29, 1.82) is 0 Å². The van der Waals surface area contributed by atoms with E-state index in [1.165, 1.54) is 24.3 Å². The zero-order valence-corrected chi connectivity index (χ0v) is 11.6. The van der Waals surface area contributed by atoms with Gasteiger partial charge in [-0.25, -0.2) is 9.18 Å². The first-order valence-corrected chi connectivity index (χ1v) is 6.56. The zero-order chi connectivity index (χ0) is 14.3. The third-order valence-corrected chi connectivity index (χ3v) is 3.45. The lowest BCUT2D eigenvalue weighted by atomic mass is 10.1. The number of aromatic carboxylic acids is 1. The van der Waals surface area contributed by atoms with Crippen molar-refractivity contribution in [1.82, 2.24) is 0 Å². The first-order chi connectivity index (χ1) is 9.54. The van der Waals surface area contributed by atoms with Crippen molar-refractivity contribution in [3.63, 3.8) is 0 Å². The van der Waals surface area contributed by atoms with Crippen LogP contribution in [-0.4, -0.2) is 11.1 Å². The van der Waals surface area contributed by atoms with E-state index in [1.807, 2.05) is 0 Å². The van der Waals surface area contributed by atoms with Crippen LogP contribution < -0.4 is 0 Å². The summed E-state index contributed by atoms with van der Waals surface area (Å²) in [6.45, 7) is 0. The molecular weight excluding hydrogens is 327 g/mol. The van der Waals surface area contributed by atoms with Gasteiger partial charge in [0.2, 0.25) is 0 Å². The minimum atomic E-state index is -1.05. The Morgan fingerprint density at radius 2 is 1.95 bits per heavy atom. The molecule has 0 unspecified atom stereocenters. The normalized spacial score (nSPS) is 10.9. The Balaban J connectivity index is 2.22. The molecule has 0 spiro atoms. The average molecular weight is 335 g/mol. The number of rotatable bonds is 2. The summed E-state index contributed by atoms with van der Waals surface area (Å²) in [6.07, 6.45) is 0. The van der Waals surface area contributed by atoms with E-state index in [0.29, 0.717) is 26.8 Å². The van der Waals surface area contributed by atoms with Crippen molar-refractivity contribution in [2.24, 2.45) is 0 Å². The number of fused-ring (bicyclic) bond motifs is 1. The van der Waals surface area contributed by atoms with Gasteiger partial charge in [0.1, 0.15) is 17.2 Å². The van der Waals surface area contributed by atoms with Gasteiger partial charge in [0, 0.05) is 15.4 Å². The van der Waals surface area contributed by atoms with Crippen LogP contribution in [0.3, 0.4) is 0 Å². The highest BCUT2D eigenvalue weighted by Gasteiger charge is 2.16. The Morgan fingerprint density at radius 3 is 2.70 bits per heavy atom. The van der Waals surface area contributed by atoms with Crippen LogP contribution in [0.2, 0.25) is 0 Å². The topological polar surface area (TPSA) is 50.4 Å². The molecule has 3 aromatic rings. The summed E-state index contributed by atoms with van der Waals surface area (Å²) in [5.74, 6) is -1.01. The Bertz CT molecular complexity index is 823. The van der Waals surface area contributed by atoms with Crippen LogP contribution in [0.4, 0.5) is 4.39 Å². The van der Waals surface area contributed by atoms with Crippen LogP contribution in [0.1, 0.15) is 10.4 Å². The smallest absolute Gasteiger partial charge is 0.336 e. The van der Waals surface area contributed by atoms with Crippen LogP contribution in [0.5, 0.6) is 0 Å². The summed E-state index contributed by atoms with van der Waals surface area (Å²) >= 11 is 3.24. The molecule has 20 heavy (non-hydrogen) atoms. The van der Waals surface area contributed by atoms with Crippen molar-refractivity contribution in [2.45, 2.75) is 0 Å². The molecule has 1 heterocycles. The maximum absolute atomic E-state index is 13.2. The maximum Gasteiger partial charge on any atom is 0.336 e. The van der Waals surface area contributed by atoms with Gasteiger partial charge in [-0.05, 0) is 42.5 Å². The van der Waals surface area contributed by atoms with E-state index < -0.39 is 5.97 Å². The van der Waals surface area contributed by atoms with E-state index in [4.69, 9.17) is 4.42 Å². The van der Waals surface area contributed by atoms with Gasteiger partial charge < -0.3 is 9.52 Å². The quantitative estimate of drug-likeness (QED) is 0.738. The molecule has 1 aromatic heterocycles. The highest BCUT2D eigenvalue weighted by molar-refractivity contribution is 9.10. The minimum absolute atomic E-state index is 0.124. The molecule has 0 atom stereocenters. The third-order valence-electron chi connectivity index (χ3n) is 2.96. The fraction of sp³-hybridized carbons (Fsp3) is 0. The molecular formula is C15H8BrFO3. The molecule has 0 aliphatic rings. The van der Waals surface area contributed by atoms with Crippen LogP contribution in [-0.2, 0) is 0 Å². The van der Waals surface area contributed by atoms with Gasteiger partial charge in [-0.1, -0.05) is 15.9 Å². The summed E-state index contributed by atoms with van der Waals surface area (Å²) < 4.78 is 19.4. The number of benzene rings is 2. The molecule has 100 valence electrons. The average Bonchev–Trinajstić information content (AvgIpc) is 2.81. The van der Waals surface area contributed by atoms with Crippen LogP contribution in [0, 0.1) is 5.82 Å². The lowest BCUT2D eigenvalue weighted by Crippen LogP contribution is -1.98. The largest absolute Gasteiger partial charge is 0.478 e. The molecule has 2 aromatic carbocycles. The van der Waals surface area contributed by atoms with Crippen molar-refractivity contribution in [2.75, 3.05) is 0 Å². The monoisotopic (exact) mass is 334 g/mol. The molecule has 1 N–H and O–H groups in total. The van der Waals surface area contributed by atoms with Gasteiger partial charge in [-0.2, -0.15) is 0 Å². The zero-order valence-electron chi connectivity index (χ0n) is 10.1. The van der Waals surface area contributed by atoms with Gasteiger partial charge >= 0.3 is 5.97 Å². The van der Waals surface area contributed by atoms with Gasteiger partial charge in [0.05, 0.1) is 5.56 Å². The first-order valence-electron chi connectivity index (χ1n) is 5.77. The number of hydrogen-bond donors (Lipinski definition) is 1. The van der Waals surface area contributed by atoms with E-state index in [-0.39, 0.29) is 11.4 Å². The predicted molar refractivity (Wildman–Crippen MR) is 76.3 cm³/mol. The molecule has 0 saturated carbocycles. The Hall–Kier alpha value is -2.14. The van der Waals surface area contributed by atoms with Crippen LogP contribution in [0.15, 0.2) is 51.4 Å². The molecule has 3 nitrogen and oxygen atoms in total. The summed E-state index contributed by atoms with van der Waals surface area (Å²) in [7, 11) is 0. The number of carboxylic acid groups (broad SMARTS) is 1. The van der Waals surface area contributed by atoms with Crippen molar-refractivity contribution < 1.29 is 18.7 Å². The molecule has 0 saturated heterocycles. The molecule has 0 radical (unpaired) electrons. The third kappa shape index (κ3) is 2.20. The lowest BCUT2D eigenvalue weighted by molar-refractivity contribution is 0.0697. The molecule has 5 heteroatoms. The van der Waals surface area contributed by atoms with E-state index in [1.54, 1.807) is 18.2 Å². The first kappa shape index (κ1) is 12.9. The van der Waals surface area contributed by atoms with Crippen molar-refractivity contribution in [3.05, 3.63) is 58.3 Å². The fourth-order valence-electron chi connectivity index (χ4n) is 2.06. The van der Waals surface area contributed by atoms with Crippen LogP contribution in [0.25, 0.3) is 22.3 Å². The fourth-order valence-corrected chi connectivity index (χ4v) is 2.42. The molecule has 0 bridgehead atoms. The predicted octanol–water partition coefficient (Wildman–Crippen LogP) is 4.70. The molecule has 0 aliphatic heterocycles. The van der Waals surface area contributed by atoms with Gasteiger partial charge in [-0.15, -0.1) is 0 Å². The lowest BCUT2D eigenvalue weighted by Gasteiger charge is -2.03. The minimum Gasteiger partial charge on any atom is -0.478 e. The Labute approximate surface area is 121 Å². The molecule has 0 aliphatic carbocycles. The van der Waals surface area contributed by atoms with E-state index in [0.717, 1.165) is 0 Å². The number of halogens is 2. The summed E-state index contributed by atoms with van der Waals surface area (Å²) in [5, 5.41) is 9.84. The Kier molecular flexibility index (Phi) is 3.06. The van der Waals surface area contributed by atoms with Crippen molar-refractivity contribution in [3.8, 4) is 11.3 Å². The second-order valence-corrected chi connectivity index (χ2v) is 5.20. The standard InChI is InChI=1S/C15H8BrFO3/c16-9-1-3-11(12(7-9)15(18)19)14-6-8-5-10(17)2-4-13(8)20-14/h1-7H,(H,18,19). The van der Waals surface area contributed by atoms with Crippen LogP contribution >= 0.6 is 15.9 Å². The SMILES string of the molecule is O=C(O)c1cc(Br)ccc1-c1cc2cc(F)ccc2o1. The van der Waals surface area contributed by atoms with Gasteiger partial charge in [0.15, 0.2) is 0 Å². The molecule has 3 rings (SSSR count). The van der Waals surface area contributed by atoms with E-state index >= 15 is 0 Å². The number of carbonyl (C=O) groups is 1. The number of furan rings is 1. The second-order valence-electron chi connectivity index (χ2n) is 4.29. The maximum atomic E-state index is 13.2. The summed E-state index contributed by atoms with van der Waals surface area (Å²) in [5.41, 5.74) is 1.09. The van der Waals surface area contributed by atoms with E-state index in [9.17, 15) is 14.3 Å². The van der Waals surface area contributed by atoms with Crippen molar-refractivity contribution >= 4 is 32.9 Å². The van der Waals surface area contributed by atoms with Gasteiger partial charge in [-0.3, -0.25) is 0 Å². The highest BCUT2D eigenvalue weighted by atomic mass is 79.9. The van der Waals surface area contributed by atoms with E-state index in [2.05, 4.69) is 15.9 Å². The highest BCUT2D eigenvalue weighted by Crippen LogP contribution is 2.32. The Morgan fingerprint density at radius 1 is 1.15 bits per heavy atom.